The average molecular weight is 237 g/mol. The molecule has 0 heterocycles. The third-order valence-electron chi connectivity index (χ3n) is 0. The van der Waals surface area contributed by atoms with Crippen molar-refractivity contribution in [1.82, 2.24) is 0 Å². The Bertz CT molecular complexity index is 13.5. The van der Waals surface area contributed by atoms with Crippen LogP contribution in [0.5, 0.6) is 0 Å². The fourth-order valence-electron chi connectivity index (χ4n) is 0. The molecule has 0 nitrogen and oxygen atoms in total. The van der Waals surface area contributed by atoms with Crippen molar-refractivity contribution in [2.75, 3.05) is 0 Å². The summed E-state index contributed by atoms with van der Waals surface area (Å²) in [7, 11) is 0. The van der Waals surface area contributed by atoms with Crippen LogP contribution in [0.25, 0.3) is 0 Å². The molecule has 0 aromatic rings. The summed E-state index contributed by atoms with van der Waals surface area (Å²) in [5, 5.41) is 0. The minimum absolute atomic E-state index is 0. The summed E-state index contributed by atoms with van der Waals surface area (Å²) in [5.74, 6) is 0. The van der Waals surface area contributed by atoms with Crippen molar-refractivity contribution >= 4 is 62.8 Å². The van der Waals surface area contributed by atoms with E-state index in [0.29, 0.717) is 0 Å². The Morgan fingerprint density at radius 2 is 1.25 bits per heavy atom. The first kappa shape index (κ1) is 27.9. The summed E-state index contributed by atoms with van der Waals surface area (Å²) >= 11 is 0. The Kier molecular flexibility index (Phi) is 116. The molecule has 0 spiro atoms. The molecule has 0 saturated heterocycles. The zero-order valence-corrected chi connectivity index (χ0v) is 6.86. The fraction of sp³-hybridized carbons (Fsp3) is 0. The van der Waals surface area contributed by atoms with Crippen molar-refractivity contribution in [2.24, 2.45) is 0 Å². The summed E-state index contributed by atoms with van der Waals surface area (Å²) < 4.78 is 0. The summed E-state index contributed by atoms with van der Waals surface area (Å²) in [4.78, 5) is 0. The van der Waals surface area contributed by atoms with Crippen LogP contribution in [0, 0.1) is 0 Å². The third-order valence-corrected chi connectivity index (χ3v) is 0. The van der Waals surface area contributed by atoms with Crippen molar-refractivity contribution in [3.63, 3.8) is 0 Å². The van der Waals surface area contributed by atoms with Gasteiger partial charge in [-0.25, -0.2) is 0 Å². The second-order valence-corrected chi connectivity index (χ2v) is 0. The van der Waals surface area contributed by atoms with Crippen molar-refractivity contribution < 1.29 is 36.1 Å². The van der Waals surface area contributed by atoms with Crippen LogP contribution >= 0.6 is 0 Å². The van der Waals surface area contributed by atoms with Crippen LogP contribution in [-0.4, -0.2) is 62.8 Å². The Morgan fingerprint density at radius 3 is 1.25 bits per heavy atom. The van der Waals surface area contributed by atoms with Gasteiger partial charge in [-0.2, -0.15) is 0 Å². The third kappa shape index (κ3) is 8.89. The van der Waals surface area contributed by atoms with E-state index in [-0.39, 0.29) is 99.0 Å². The molecule has 0 aliphatic rings. The number of hydrogen-bond donors (Lipinski definition) is 0. The first-order chi connectivity index (χ1) is 0. The molecule has 0 unspecified atom stereocenters. The van der Waals surface area contributed by atoms with Crippen LogP contribution in [0.3, 0.4) is 0 Å². The monoisotopic (exact) mass is 237 g/mol. The van der Waals surface area contributed by atoms with Gasteiger partial charge in [0.1, 0.15) is 0 Å². The summed E-state index contributed by atoms with van der Waals surface area (Å²) in [6, 6.07) is 0. The summed E-state index contributed by atoms with van der Waals surface area (Å²) in [6.07, 6.45) is 0. The molecule has 0 aliphatic carbocycles. The quantitative estimate of drug-likeness (QED) is 0.457. The van der Waals surface area contributed by atoms with E-state index in [9.17, 15) is 0 Å². The maximum Gasteiger partial charge on any atom is 2.00 e. The minimum Gasteiger partial charge on any atom is -1.00 e. The van der Waals surface area contributed by atoms with Crippen LogP contribution in [0.1, 0.15) is 2.85 Å². The Hall–Kier alpha value is 3.01. The van der Waals surface area contributed by atoms with Crippen molar-refractivity contribution in [2.45, 2.75) is 0 Å². The van der Waals surface area contributed by atoms with Gasteiger partial charge in [-0.15, -0.1) is 0 Å². The largest absolute Gasteiger partial charge is 2.00 e. The first-order valence-electron chi connectivity index (χ1n) is 0. The maximum absolute atomic E-state index is 0. The van der Waals surface area contributed by atoms with E-state index in [1.807, 2.05) is 0 Å². The predicted molar refractivity (Wildman–Crippen MR) is 17.9 cm³/mol. The van der Waals surface area contributed by atoms with Crippen molar-refractivity contribution in [3.05, 3.63) is 0 Å². The molecule has 0 aliphatic heterocycles. The second-order valence-electron chi connectivity index (χ2n) is 0. The molecule has 0 aromatic carbocycles. The first-order valence-corrected chi connectivity index (χ1v) is 0. The van der Waals surface area contributed by atoms with E-state index in [2.05, 4.69) is 0 Å². The van der Waals surface area contributed by atoms with Crippen molar-refractivity contribution in [3.8, 4) is 0 Å². The van der Waals surface area contributed by atoms with Gasteiger partial charge in [0.25, 0.3) is 0 Å². The molecule has 0 rings (SSSR count). The average Bonchev–Trinajstić information content (AvgIpc) is 0. The van der Waals surface area contributed by atoms with Gasteiger partial charge in [0, 0.05) is 33.3 Å². The standard InChI is InChI=1S/Al.Co.Ni.Sr.5H/q;;;+2;;;;2*-1. The normalized spacial score (nSPS) is 0. The fourth-order valence-corrected chi connectivity index (χ4v) is 0. The molecule has 4 heteroatoms. The molecule has 0 N–H and O–H groups in total. The summed E-state index contributed by atoms with van der Waals surface area (Å²) in [5.41, 5.74) is 0. The van der Waals surface area contributed by atoms with E-state index >= 15 is 0 Å². The van der Waals surface area contributed by atoms with E-state index in [1.165, 1.54) is 0 Å². The van der Waals surface area contributed by atoms with Crippen LogP contribution in [0.4, 0.5) is 0 Å². The van der Waals surface area contributed by atoms with Crippen LogP contribution in [0.15, 0.2) is 0 Å². The van der Waals surface area contributed by atoms with Gasteiger partial charge in [-0.1, -0.05) is 0 Å². The molecule has 0 aromatic heterocycles. The molecule has 1 radical (unpaired) electrons. The van der Waals surface area contributed by atoms with Crippen LogP contribution in [-0.2, 0) is 33.3 Å². The zero-order valence-electron chi connectivity index (χ0n) is 3.36. The Labute approximate surface area is 97.0 Å². The van der Waals surface area contributed by atoms with Crippen LogP contribution < -0.4 is 0 Å². The number of hydrogen-bond acceptors (Lipinski definition) is 0. The minimum atomic E-state index is 0. The van der Waals surface area contributed by atoms with Gasteiger partial charge in [0.2, 0.25) is 0 Å². The molecular weight excluding hydrogens is 232 g/mol. The van der Waals surface area contributed by atoms with E-state index in [0.717, 1.165) is 0 Å². The molecule has 4 heavy (non-hydrogen) atoms. The summed E-state index contributed by atoms with van der Waals surface area (Å²) in [6.45, 7) is 0. The van der Waals surface area contributed by atoms with Gasteiger partial charge in [0.15, 0.2) is 17.4 Å². The van der Waals surface area contributed by atoms with E-state index < -0.39 is 0 Å². The topological polar surface area (TPSA) is 0 Å². The van der Waals surface area contributed by atoms with Gasteiger partial charge < -0.3 is 2.85 Å². The SMILES string of the molecule is [AlH3].[Co].[H-].[H-].[Ni].[Sr+2]. The maximum atomic E-state index is 0. The molecule has 0 amide bonds. The van der Waals surface area contributed by atoms with Crippen molar-refractivity contribution in [1.29, 1.82) is 0 Å². The van der Waals surface area contributed by atoms with Gasteiger partial charge >= 0.3 is 45.5 Å². The molecule has 0 atom stereocenters. The predicted octanol–water partition coefficient (Wildman–Crippen LogP) is -1.34. The van der Waals surface area contributed by atoms with Gasteiger partial charge in [-0.05, 0) is 0 Å². The Morgan fingerprint density at radius 1 is 1.25 bits per heavy atom. The smallest absolute Gasteiger partial charge is 1.00 e. The molecular formula is H5AlCoNiSr. The Balaban J connectivity index is 0. The molecule has 0 fully saturated rings. The van der Waals surface area contributed by atoms with Crippen LogP contribution in [0.2, 0.25) is 0 Å². The van der Waals surface area contributed by atoms with E-state index in [4.69, 9.17) is 0 Å². The van der Waals surface area contributed by atoms with E-state index in [1.54, 1.807) is 0 Å². The molecule has 0 saturated carbocycles. The molecule has 0 bridgehead atoms. The second kappa shape index (κ2) is 16.6. The van der Waals surface area contributed by atoms with Gasteiger partial charge in [-0.3, -0.25) is 0 Å². The number of rotatable bonds is 0. The molecule has 29 valence electrons. The zero-order chi connectivity index (χ0) is 0. The van der Waals surface area contributed by atoms with Gasteiger partial charge in [0.05, 0.1) is 0 Å².